The molecule has 0 radical (unpaired) electrons. The van der Waals surface area contributed by atoms with Gasteiger partial charge in [0.2, 0.25) is 5.91 Å². The minimum atomic E-state index is 0.0754. The number of hydrogen-bond acceptors (Lipinski definition) is 3. The van der Waals surface area contributed by atoms with Crippen molar-refractivity contribution in [3.05, 3.63) is 29.8 Å². The van der Waals surface area contributed by atoms with Crippen LogP contribution in [0.1, 0.15) is 32.3 Å². The van der Waals surface area contributed by atoms with Gasteiger partial charge >= 0.3 is 0 Å². The van der Waals surface area contributed by atoms with Gasteiger partial charge in [-0.3, -0.25) is 4.79 Å². The summed E-state index contributed by atoms with van der Waals surface area (Å²) in [5.41, 5.74) is 0.978. The van der Waals surface area contributed by atoms with Gasteiger partial charge in [-0.25, -0.2) is 0 Å². The van der Waals surface area contributed by atoms with E-state index in [1.807, 2.05) is 24.3 Å². The van der Waals surface area contributed by atoms with Crippen LogP contribution in [0.5, 0.6) is 5.75 Å². The van der Waals surface area contributed by atoms with E-state index in [0.717, 1.165) is 24.2 Å². The zero-order chi connectivity index (χ0) is 14.5. The lowest BCUT2D eigenvalue weighted by Crippen LogP contribution is -2.55. The molecule has 2 rings (SSSR count). The smallest absolute Gasteiger partial charge is 0.224 e. The molecule has 0 aliphatic carbocycles. The van der Waals surface area contributed by atoms with Crippen molar-refractivity contribution in [2.24, 2.45) is 0 Å². The van der Waals surface area contributed by atoms with Crippen LogP contribution in [0.25, 0.3) is 0 Å². The summed E-state index contributed by atoms with van der Waals surface area (Å²) in [7, 11) is 1.63. The van der Waals surface area contributed by atoms with E-state index in [2.05, 4.69) is 24.5 Å². The third-order valence-electron chi connectivity index (χ3n) is 3.91. The van der Waals surface area contributed by atoms with Crippen LogP contribution in [0.15, 0.2) is 24.3 Å². The average Bonchev–Trinajstić information content (AvgIpc) is 2.42. The molecule has 0 aromatic heterocycles. The van der Waals surface area contributed by atoms with Crippen molar-refractivity contribution in [2.45, 2.75) is 51.2 Å². The fourth-order valence-electron chi connectivity index (χ4n) is 2.75. The lowest BCUT2D eigenvalue weighted by Gasteiger charge is -2.34. The van der Waals surface area contributed by atoms with Gasteiger partial charge in [0.15, 0.2) is 0 Å². The maximum absolute atomic E-state index is 12.1. The zero-order valence-corrected chi connectivity index (χ0v) is 12.5. The molecule has 3 atom stereocenters. The van der Waals surface area contributed by atoms with Gasteiger partial charge in [-0.15, -0.1) is 0 Å². The van der Waals surface area contributed by atoms with Gasteiger partial charge in [-0.2, -0.15) is 0 Å². The first-order valence-electron chi connectivity index (χ1n) is 7.27. The fraction of sp³-hybridized carbons (Fsp3) is 0.562. The molecule has 0 bridgehead atoms. The lowest BCUT2D eigenvalue weighted by molar-refractivity contribution is -0.121. The summed E-state index contributed by atoms with van der Waals surface area (Å²) >= 11 is 0. The van der Waals surface area contributed by atoms with Crippen LogP contribution in [0, 0.1) is 0 Å². The van der Waals surface area contributed by atoms with Crippen LogP contribution in [-0.2, 0) is 11.2 Å². The zero-order valence-electron chi connectivity index (χ0n) is 12.5. The molecule has 3 unspecified atom stereocenters. The van der Waals surface area contributed by atoms with Crippen LogP contribution in [-0.4, -0.2) is 31.1 Å². The fourth-order valence-corrected chi connectivity index (χ4v) is 2.75. The molecule has 1 saturated heterocycles. The Balaban J connectivity index is 1.88. The number of hydrogen-bond donors (Lipinski definition) is 2. The van der Waals surface area contributed by atoms with E-state index in [9.17, 15) is 4.79 Å². The molecule has 1 amide bonds. The SMILES string of the molecule is COc1cccc(CC(=O)NC2CCC(C)NC2C)c1. The normalized spacial score (nSPS) is 26.1. The van der Waals surface area contributed by atoms with Crippen molar-refractivity contribution >= 4 is 5.91 Å². The summed E-state index contributed by atoms with van der Waals surface area (Å²) in [5, 5.41) is 6.61. The van der Waals surface area contributed by atoms with Gasteiger partial charge in [0.05, 0.1) is 13.5 Å². The predicted molar refractivity (Wildman–Crippen MR) is 79.9 cm³/mol. The molecule has 110 valence electrons. The molecule has 1 fully saturated rings. The molecule has 1 aromatic carbocycles. The van der Waals surface area contributed by atoms with Crippen molar-refractivity contribution in [3.63, 3.8) is 0 Å². The van der Waals surface area contributed by atoms with E-state index in [0.29, 0.717) is 18.5 Å². The van der Waals surface area contributed by atoms with E-state index in [1.165, 1.54) is 0 Å². The van der Waals surface area contributed by atoms with Crippen molar-refractivity contribution in [3.8, 4) is 5.75 Å². The molecule has 20 heavy (non-hydrogen) atoms. The molecular weight excluding hydrogens is 252 g/mol. The number of amides is 1. The summed E-state index contributed by atoms with van der Waals surface area (Å²) in [6, 6.07) is 8.75. The molecule has 1 aliphatic rings. The van der Waals surface area contributed by atoms with E-state index < -0.39 is 0 Å². The molecule has 0 saturated carbocycles. The van der Waals surface area contributed by atoms with Gasteiger partial charge in [0, 0.05) is 18.1 Å². The molecule has 4 nitrogen and oxygen atoms in total. The van der Waals surface area contributed by atoms with Crippen LogP contribution >= 0.6 is 0 Å². The lowest BCUT2D eigenvalue weighted by atomic mass is 9.95. The Labute approximate surface area is 120 Å². The first kappa shape index (κ1) is 14.9. The van der Waals surface area contributed by atoms with Crippen molar-refractivity contribution in [1.82, 2.24) is 10.6 Å². The topological polar surface area (TPSA) is 50.4 Å². The highest BCUT2D eigenvalue weighted by Gasteiger charge is 2.25. The second-order valence-electron chi connectivity index (χ2n) is 5.64. The van der Waals surface area contributed by atoms with E-state index in [-0.39, 0.29) is 11.9 Å². The number of carbonyl (C=O) groups is 1. The summed E-state index contributed by atoms with van der Waals surface area (Å²) in [5.74, 6) is 0.864. The molecule has 4 heteroatoms. The highest BCUT2D eigenvalue weighted by atomic mass is 16.5. The number of nitrogens with one attached hydrogen (secondary N) is 2. The summed E-state index contributed by atoms with van der Waals surface area (Å²) in [6.45, 7) is 4.32. The van der Waals surface area contributed by atoms with Crippen LogP contribution in [0.4, 0.5) is 0 Å². The molecule has 0 spiro atoms. The van der Waals surface area contributed by atoms with Gasteiger partial charge in [-0.05, 0) is 44.4 Å². The summed E-state index contributed by atoms with van der Waals surface area (Å²) < 4.78 is 5.17. The molecule has 2 N–H and O–H groups in total. The predicted octanol–water partition coefficient (Wildman–Crippen LogP) is 1.88. The highest BCUT2D eigenvalue weighted by molar-refractivity contribution is 5.79. The van der Waals surface area contributed by atoms with Crippen LogP contribution < -0.4 is 15.4 Å². The Morgan fingerprint density at radius 3 is 2.90 bits per heavy atom. The van der Waals surface area contributed by atoms with Crippen molar-refractivity contribution in [2.75, 3.05) is 7.11 Å². The number of ether oxygens (including phenoxy) is 1. The Morgan fingerprint density at radius 2 is 2.20 bits per heavy atom. The Bertz CT molecular complexity index is 462. The summed E-state index contributed by atoms with van der Waals surface area (Å²) in [6.07, 6.45) is 2.55. The Hall–Kier alpha value is -1.55. The van der Waals surface area contributed by atoms with Crippen LogP contribution in [0.2, 0.25) is 0 Å². The van der Waals surface area contributed by atoms with E-state index in [4.69, 9.17) is 4.74 Å². The van der Waals surface area contributed by atoms with Gasteiger partial charge < -0.3 is 15.4 Å². The number of rotatable bonds is 4. The molecule has 1 aromatic rings. The Morgan fingerprint density at radius 1 is 1.40 bits per heavy atom. The third-order valence-corrected chi connectivity index (χ3v) is 3.91. The van der Waals surface area contributed by atoms with Gasteiger partial charge in [0.25, 0.3) is 0 Å². The van der Waals surface area contributed by atoms with Gasteiger partial charge in [0.1, 0.15) is 5.75 Å². The van der Waals surface area contributed by atoms with Crippen LogP contribution in [0.3, 0.4) is 0 Å². The van der Waals surface area contributed by atoms with Crippen molar-refractivity contribution < 1.29 is 9.53 Å². The van der Waals surface area contributed by atoms with Gasteiger partial charge in [-0.1, -0.05) is 12.1 Å². The number of carbonyl (C=O) groups excluding carboxylic acids is 1. The second kappa shape index (κ2) is 6.75. The minimum Gasteiger partial charge on any atom is -0.497 e. The Kier molecular flexibility index (Phi) is 5.01. The molecule has 1 heterocycles. The van der Waals surface area contributed by atoms with E-state index >= 15 is 0 Å². The first-order chi connectivity index (χ1) is 9.58. The quantitative estimate of drug-likeness (QED) is 0.883. The maximum atomic E-state index is 12.1. The average molecular weight is 276 g/mol. The monoisotopic (exact) mass is 276 g/mol. The molecule has 1 aliphatic heterocycles. The number of piperidine rings is 1. The largest absolute Gasteiger partial charge is 0.497 e. The molecular formula is C16H24N2O2. The van der Waals surface area contributed by atoms with Crippen molar-refractivity contribution in [1.29, 1.82) is 0 Å². The second-order valence-corrected chi connectivity index (χ2v) is 5.64. The number of methoxy groups -OCH3 is 1. The van der Waals surface area contributed by atoms with E-state index in [1.54, 1.807) is 7.11 Å². The first-order valence-corrected chi connectivity index (χ1v) is 7.27. The summed E-state index contributed by atoms with van der Waals surface area (Å²) in [4.78, 5) is 12.1. The number of benzene rings is 1. The standard InChI is InChI=1S/C16H24N2O2/c1-11-7-8-15(12(2)17-11)18-16(19)10-13-5-4-6-14(9-13)20-3/h4-6,9,11-12,15,17H,7-8,10H2,1-3H3,(H,18,19). The maximum Gasteiger partial charge on any atom is 0.224 e. The third kappa shape index (κ3) is 3.97. The minimum absolute atomic E-state index is 0.0754. The highest BCUT2D eigenvalue weighted by Crippen LogP contribution is 2.15.